The summed E-state index contributed by atoms with van der Waals surface area (Å²) in [5, 5.41) is 0. The van der Waals surface area contributed by atoms with E-state index in [1.165, 1.54) is 0 Å². The standard InChI is InChI=1S/C11H16N2O/c1-8(2)5-9-6-13-7-10(14)3-4-11(13)12-9/h6,8H,3-5,7H2,1-2H3. The van der Waals surface area contributed by atoms with E-state index in [1.54, 1.807) is 0 Å². The van der Waals surface area contributed by atoms with Crippen molar-refractivity contribution in [3.8, 4) is 0 Å². The molecule has 0 saturated heterocycles. The average Bonchev–Trinajstić information content (AvgIpc) is 2.44. The molecule has 1 aliphatic heterocycles. The van der Waals surface area contributed by atoms with Crippen molar-refractivity contribution in [1.29, 1.82) is 0 Å². The van der Waals surface area contributed by atoms with Gasteiger partial charge in [-0.2, -0.15) is 0 Å². The van der Waals surface area contributed by atoms with Crippen LogP contribution in [0.4, 0.5) is 0 Å². The minimum atomic E-state index is 0.325. The van der Waals surface area contributed by atoms with Gasteiger partial charge in [0.25, 0.3) is 0 Å². The number of hydrogen-bond donors (Lipinski definition) is 0. The van der Waals surface area contributed by atoms with E-state index in [1.807, 2.05) is 10.8 Å². The molecule has 2 rings (SSSR count). The summed E-state index contributed by atoms with van der Waals surface area (Å²) in [7, 11) is 0. The lowest BCUT2D eigenvalue weighted by Crippen LogP contribution is -2.18. The predicted octanol–water partition coefficient (Wildman–Crippen LogP) is 1.60. The fraction of sp³-hybridized carbons (Fsp3) is 0.636. The summed E-state index contributed by atoms with van der Waals surface area (Å²) in [6, 6.07) is 0. The molecule has 0 fully saturated rings. The Balaban J connectivity index is 2.19. The molecule has 3 heteroatoms. The number of carbonyl (C=O) groups excluding carboxylic acids is 1. The molecule has 0 aliphatic carbocycles. The Hall–Kier alpha value is -1.12. The van der Waals surface area contributed by atoms with Crippen molar-refractivity contribution in [2.45, 2.75) is 39.7 Å². The van der Waals surface area contributed by atoms with Crippen LogP contribution in [-0.4, -0.2) is 15.3 Å². The Labute approximate surface area is 84.1 Å². The number of hydrogen-bond acceptors (Lipinski definition) is 2. The molecule has 0 unspecified atom stereocenters. The molecule has 0 atom stereocenters. The molecule has 0 aromatic carbocycles. The van der Waals surface area contributed by atoms with Gasteiger partial charge in [-0.25, -0.2) is 4.98 Å². The SMILES string of the molecule is CC(C)Cc1cn2c(n1)CCC(=O)C2. The third-order valence-electron chi connectivity index (χ3n) is 2.50. The highest BCUT2D eigenvalue weighted by molar-refractivity contribution is 5.79. The molecule has 0 radical (unpaired) electrons. The predicted molar refractivity (Wildman–Crippen MR) is 54.1 cm³/mol. The molecule has 0 bridgehead atoms. The second-order valence-corrected chi connectivity index (χ2v) is 4.41. The van der Waals surface area contributed by atoms with Gasteiger partial charge in [-0.3, -0.25) is 4.79 Å². The van der Waals surface area contributed by atoms with Crippen molar-refractivity contribution < 1.29 is 4.79 Å². The number of aromatic nitrogens is 2. The van der Waals surface area contributed by atoms with Gasteiger partial charge in [-0.05, 0) is 12.3 Å². The average molecular weight is 192 g/mol. The molecule has 1 aromatic rings. The first-order valence-corrected chi connectivity index (χ1v) is 5.22. The molecule has 14 heavy (non-hydrogen) atoms. The lowest BCUT2D eigenvalue weighted by atomic mass is 10.1. The van der Waals surface area contributed by atoms with Crippen molar-refractivity contribution in [3.05, 3.63) is 17.7 Å². The van der Waals surface area contributed by atoms with Crippen LogP contribution in [0.25, 0.3) is 0 Å². The highest BCUT2D eigenvalue weighted by Gasteiger charge is 2.17. The van der Waals surface area contributed by atoms with Crippen molar-refractivity contribution in [3.63, 3.8) is 0 Å². The molecule has 2 heterocycles. The maximum absolute atomic E-state index is 11.2. The van der Waals surface area contributed by atoms with Crippen LogP contribution >= 0.6 is 0 Å². The van der Waals surface area contributed by atoms with Crippen LogP contribution in [0.5, 0.6) is 0 Å². The molecule has 1 aromatic heterocycles. The van der Waals surface area contributed by atoms with E-state index in [2.05, 4.69) is 18.8 Å². The molecule has 0 spiro atoms. The molecule has 3 nitrogen and oxygen atoms in total. The molecule has 1 aliphatic rings. The maximum Gasteiger partial charge on any atom is 0.153 e. The van der Waals surface area contributed by atoms with Gasteiger partial charge < -0.3 is 4.57 Å². The Bertz CT molecular complexity index is 352. The van der Waals surface area contributed by atoms with Crippen LogP contribution in [0.15, 0.2) is 6.20 Å². The number of carbonyl (C=O) groups is 1. The number of ketones is 1. The van der Waals surface area contributed by atoms with Gasteiger partial charge in [0.15, 0.2) is 5.78 Å². The van der Waals surface area contributed by atoms with Crippen molar-refractivity contribution in [2.24, 2.45) is 5.92 Å². The second kappa shape index (κ2) is 3.56. The second-order valence-electron chi connectivity index (χ2n) is 4.41. The lowest BCUT2D eigenvalue weighted by molar-refractivity contribution is -0.120. The fourth-order valence-electron chi connectivity index (χ4n) is 1.89. The van der Waals surface area contributed by atoms with Gasteiger partial charge in [0.2, 0.25) is 0 Å². The van der Waals surface area contributed by atoms with Crippen LogP contribution in [-0.2, 0) is 24.2 Å². The normalized spacial score (nSPS) is 16.1. The minimum absolute atomic E-state index is 0.325. The van der Waals surface area contributed by atoms with Crippen LogP contribution < -0.4 is 0 Å². The van der Waals surface area contributed by atoms with Crippen LogP contribution in [0.1, 0.15) is 31.8 Å². The van der Waals surface area contributed by atoms with E-state index >= 15 is 0 Å². The summed E-state index contributed by atoms with van der Waals surface area (Å²) in [4.78, 5) is 15.7. The zero-order chi connectivity index (χ0) is 10.1. The third-order valence-corrected chi connectivity index (χ3v) is 2.50. The lowest BCUT2D eigenvalue weighted by Gasteiger charge is -2.11. The van der Waals surface area contributed by atoms with Gasteiger partial charge in [-0.1, -0.05) is 13.8 Å². The Morgan fingerprint density at radius 1 is 1.50 bits per heavy atom. The van der Waals surface area contributed by atoms with Crippen LogP contribution in [0, 0.1) is 5.92 Å². The van der Waals surface area contributed by atoms with Crippen molar-refractivity contribution >= 4 is 5.78 Å². The van der Waals surface area contributed by atoms with E-state index in [4.69, 9.17) is 0 Å². The number of nitrogens with zero attached hydrogens (tertiary/aromatic N) is 2. The van der Waals surface area contributed by atoms with Gasteiger partial charge in [0, 0.05) is 19.0 Å². The Morgan fingerprint density at radius 2 is 2.29 bits per heavy atom. The number of fused-ring (bicyclic) bond motifs is 1. The van der Waals surface area contributed by atoms with Gasteiger partial charge in [0.05, 0.1) is 12.2 Å². The number of Topliss-reactive ketones (excluding diaryl/α,β-unsaturated/α-hetero) is 1. The van der Waals surface area contributed by atoms with Crippen molar-refractivity contribution in [1.82, 2.24) is 9.55 Å². The van der Waals surface area contributed by atoms with Crippen LogP contribution in [0.3, 0.4) is 0 Å². The fourth-order valence-corrected chi connectivity index (χ4v) is 1.89. The summed E-state index contributed by atoms with van der Waals surface area (Å²) < 4.78 is 2.00. The first-order chi connectivity index (χ1) is 6.65. The topological polar surface area (TPSA) is 34.9 Å². The molecule has 0 N–H and O–H groups in total. The minimum Gasteiger partial charge on any atom is -0.327 e. The summed E-state index contributed by atoms with van der Waals surface area (Å²) >= 11 is 0. The van der Waals surface area contributed by atoms with Crippen molar-refractivity contribution in [2.75, 3.05) is 0 Å². The Kier molecular flexibility index (Phi) is 2.40. The maximum atomic E-state index is 11.2. The molecular weight excluding hydrogens is 176 g/mol. The van der Waals surface area contributed by atoms with E-state index in [9.17, 15) is 4.79 Å². The molecule has 0 amide bonds. The van der Waals surface area contributed by atoms with Gasteiger partial charge in [0.1, 0.15) is 5.82 Å². The van der Waals surface area contributed by atoms with E-state index in [-0.39, 0.29) is 0 Å². The molecule has 0 saturated carbocycles. The zero-order valence-electron chi connectivity index (χ0n) is 8.79. The van der Waals surface area contributed by atoms with E-state index in [0.717, 1.165) is 24.4 Å². The van der Waals surface area contributed by atoms with Gasteiger partial charge in [-0.15, -0.1) is 0 Å². The third kappa shape index (κ3) is 1.86. The summed E-state index contributed by atoms with van der Waals surface area (Å²) in [5.41, 5.74) is 1.13. The number of rotatable bonds is 2. The summed E-state index contributed by atoms with van der Waals surface area (Å²) in [5.74, 6) is 2.04. The van der Waals surface area contributed by atoms with E-state index < -0.39 is 0 Å². The first kappa shape index (κ1) is 9.44. The van der Waals surface area contributed by atoms with Crippen LogP contribution in [0.2, 0.25) is 0 Å². The highest BCUT2D eigenvalue weighted by Crippen LogP contribution is 2.14. The van der Waals surface area contributed by atoms with Gasteiger partial charge >= 0.3 is 0 Å². The Morgan fingerprint density at radius 3 is 3.00 bits per heavy atom. The quantitative estimate of drug-likeness (QED) is 0.713. The smallest absolute Gasteiger partial charge is 0.153 e. The monoisotopic (exact) mass is 192 g/mol. The molecular formula is C11H16N2O. The highest BCUT2D eigenvalue weighted by atomic mass is 16.1. The zero-order valence-corrected chi connectivity index (χ0v) is 8.79. The number of imidazole rings is 1. The van der Waals surface area contributed by atoms with E-state index in [0.29, 0.717) is 24.7 Å². The largest absolute Gasteiger partial charge is 0.327 e. The molecule has 76 valence electrons. The summed E-state index contributed by atoms with van der Waals surface area (Å²) in [6.07, 6.45) is 4.52. The first-order valence-electron chi connectivity index (χ1n) is 5.22. The summed E-state index contributed by atoms with van der Waals surface area (Å²) in [6.45, 7) is 4.90. The number of aryl methyl sites for hydroxylation is 1.